The Morgan fingerprint density at radius 1 is 0.857 bits per heavy atom. The minimum absolute atomic E-state index is 0.228. The third kappa shape index (κ3) is 14.6. The Morgan fingerprint density at radius 2 is 1.38 bits per heavy atom. The molecule has 0 bridgehead atoms. The van der Waals surface area contributed by atoms with Gasteiger partial charge in [0, 0.05) is 0 Å². The van der Waals surface area contributed by atoms with E-state index in [1.807, 2.05) is 0 Å². The average molecular weight is 323 g/mol. The molecule has 0 aliphatic heterocycles. The van der Waals surface area contributed by atoms with Crippen LogP contribution in [0.5, 0.6) is 0 Å². The fourth-order valence-electron chi connectivity index (χ4n) is 2.50. The second kappa shape index (κ2) is 13.5. The van der Waals surface area contributed by atoms with Gasteiger partial charge in [-0.2, -0.15) is 8.42 Å². The molecule has 128 valence electrons. The van der Waals surface area contributed by atoms with Gasteiger partial charge in [0.2, 0.25) is 0 Å². The maximum absolute atomic E-state index is 10.9. The van der Waals surface area contributed by atoms with E-state index in [-0.39, 0.29) is 6.61 Å². The standard InChI is InChI=1S/C16H34O4S/c1-4-13-16(2)14-11-9-7-5-6-8-10-12-15-20-21(17,18)19-3/h16H,4-15H2,1-3H3. The van der Waals surface area contributed by atoms with Crippen LogP contribution < -0.4 is 0 Å². The van der Waals surface area contributed by atoms with Gasteiger partial charge in [0.15, 0.2) is 0 Å². The third-order valence-electron chi connectivity index (χ3n) is 3.80. The maximum Gasteiger partial charge on any atom is 0.399 e. The van der Waals surface area contributed by atoms with Gasteiger partial charge in [-0.3, -0.25) is 4.18 Å². The Kier molecular flexibility index (Phi) is 13.4. The second-order valence-electron chi connectivity index (χ2n) is 5.91. The smallest absolute Gasteiger partial charge is 0.252 e. The molecule has 0 saturated heterocycles. The van der Waals surface area contributed by atoms with Crippen molar-refractivity contribution in [1.29, 1.82) is 0 Å². The van der Waals surface area contributed by atoms with Crippen LogP contribution in [0.2, 0.25) is 0 Å². The van der Waals surface area contributed by atoms with Crippen molar-refractivity contribution in [3.8, 4) is 0 Å². The topological polar surface area (TPSA) is 52.6 Å². The van der Waals surface area contributed by atoms with Gasteiger partial charge in [0.05, 0.1) is 13.7 Å². The molecule has 1 atom stereocenters. The van der Waals surface area contributed by atoms with Crippen molar-refractivity contribution in [3.05, 3.63) is 0 Å². The lowest BCUT2D eigenvalue weighted by Crippen LogP contribution is -2.08. The van der Waals surface area contributed by atoms with Crippen LogP contribution in [-0.4, -0.2) is 22.1 Å². The van der Waals surface area contributed by atoms with Crippen LogP contribution in [0, 0.1) is 5.92 Å². The Morgan fingerprint density at radius 3 is 1.90 bits per heavy atom. The molecule has 0 heterocycles. The molecule has 0 spiro atoms. The molecular formula is C16H34O4S. The molecule has 1 unspecified atom stereocenters. The zero-order valence-corrected chi connectivity index (χ0v) is 14.9. The fraction of sp³-hybridized carbons (Fsp3) is 1.00. The summed E-state index contributed by atoms with van der Waals surface area (Å²) in [6.07, 6.45) is 13.6. The van der Waals surface area contributed by atoms with E-state index in [9.17, 15) is 8.42 Å². The Labute approximate surface area is 131 Å². The van der Waals surface area contributed by atoms with E-state index >= 15 is 0 Å². The van der Waals surface area contributed by atoms with Crippen LogP contribution in [0.15, 0.2) is 0 Å². The summed E-state index contributed by atoms with van der Waals surface area (Å²) in [5.74, 6) is 0.887. The van der Waals surface area contributed by atoms with Crippen LogP contribution in [0.25, 0.3) is 0 Å². The van der Waals surface area contributed by atoms with Crippen LogP contribution >= 0.6 is 0 Å². The molecular weight excluding hydrogens is 288 g/mol. The molecule has 0 saturated carbocycles. The molecule has 0 N–H and O–H groups in total. The first kappa shape index (κ1) is 20.9. The molecule has 0 aliphatic carbocycles. The van der Waals surface area contributed by atoms with Gasteiger partial charge in [0.25, 0.3) is 0 Å². The SMILES string of the molecule is CCCC(C)CCCCCCCCCCOS(=O)(=O)OC. The predicted octanol–water partition coefficient (Wildman–Crippen LogP) is 4.84. The first-order valence-electron chi connectivity index (χ1n) is 8.46. The van der Waals surface area contributed by atoms with E-state index in [0.29, 0.717) is 0 Å². The van der Waals surface area contributed by atoms with Gasteiger partial charge in [0.1, 0.15) is 0 Å². The summed E-state index contributed by atoms with van der Waals surface area (Å²) in [4.78, 5) is 0. The highest BCUT2D eigenvalue weighted by molar-refractivity contribution is 7.81. The van der Waals surface area contributed by atoms with Crippen LogP contribution in [-0.2, 0) is 18.8 Å². The lowest BCUT2D eigenvalue weighted by atomic mass is 9.98. The van der Waals surface area contributed by atoms with Crippen molar-refractivity contribution in [1.82, 2.24) is 0 Å². The normalized spacial score (nSPS) is 13.5. The number of hydrogen-bond donors (Lipinski definition) is 0. The Bertz CT molecular complexity index is 314. The highest BCUT2D eigenvalue weighted by Crippen LogP contribution is 2.16. The first-order chi connectivity index (χ1) is 10.0. The van der Waals surface area contributed by atoms with Crippen molar-refractivity contribution in [2.45, 2.75) is 84.5 Å². The van der Waals surface area contributed by atoms with Crippen molar-refractivity contribution < 1.29 is 16.8 Å². The first-order valence-corrected chi connectivity index (χ1v) is 9.80. The van der Waals surface area contributed by atoms with Gasteiger partial charge in [-0.15, -0.1) is 0 Å². The van der Waals surface area contributed by atoms with Crippen LogP contribution in [0.1, 0.15) is 84.5 Å². The monoisotopic (exact) mass is 322 g/mol. The molecule has 0 aliphatic rings. The summed E-state index contributed by atoms with van der Waals surface area (Å²) in [6.45, 7) is 4.84. The zero-order chi connectivity index (χ0) is 16.0. The minimum atomic E-state index is -3.74. The maximum atomic E-state index is 10.9. The second-order valence-corrected chi connectivity index (χ2v) is 7.29. The highest BCUT2D eigenvalue weighted by Gasteiger charge is 2.07. The van der Waals surface area contributed by atoms with Crippen molar-refractivity contribution in [2.75, 3.05) is 13.7 Å². The summed E-state index contributed by atoms with van der Waals surface area (Å²) in [5.41, 5.74) is 0. The average Bonchev–Trinajstić information content (AvgIpc) is 2.45. The molecule has 5 heteroatoms. The summed E-state index contributed by atoms with van der Waals surface area (Å²) in [7, 11) is -2.63. The van der Waals surface area contributed by atoms with Crippen LogP contribution in [0.4, 0.5) is 0 Å². The molecule has 0 aromatic heterocycles. The van der Waals surface area contributed by atoms with E-state index in [2.05, 4.69) is 22.2 Å². The molecule has 21 heavy (non-hydrogen) atoms. The van der Waals surface area contributed by atoms with Gasteiger partial charge >= 0.3 is 10.4 Å². The number of unbranched alkanes of at least 4 members (excludes halogenated alkanes) is 7. The molecule has 0 amide bonds. The van der Waals surface area contributed by atoms with Gasteiger partial charge in [-0.1, -0.05) is 78.1 Å². The van der Waals surface area contributed by atoms with Gasteiger partial charge < -0.3 is 0 Å². The fourth-order valence-corrected chi connectivity index (χ4v) is 2.92. The van der Waals surface area contributed by atoms with Crippen molar-refractivity contribution in [3.63, 3.8) is 0 Å². The number of rotatable bonds is 15. The zero-order valence-electron chi connectivity index (χ0n) is 14.1. The van der Waals surface area contributed by atoms with Crippen LogP contribution in [0.3, 0.4) is 0 Å². The van der Waals surface area contributed by atoms with E-state index in [0.717, 1.165) is 32.3 Å². The molecule has 0 radical (unpaired) electrons. The van der Waals surface area contributed by atoms with E-state index in [1.165, 1.54) is 51.4 Å². The summed E-state index contributed by atoms with van der Waals surface area (Å²) < 4.78 is 30.6. The lowest BCUT2D eigenvalue weighted by Gasteiger charge is -2.09. The van der Waals surface area contributed by atoms with E-state index < -0.39 is 10.4 Å². The Hall–Kier alpha value is -0.130. The van der Waals surface area contributed by atoms with Crippen molar-refractivity contribution in [2.24, 2.45) is 5.92 Å². The molecule has 0 aromatic carbocycles. The third-order valence-corrected chi connectivity index (χ3v) is 4.67. The van der Waals surface area contributed by atoms with E-state index in [1.54, 1.807) is 0 Å². The largest absolute Gasteiger partial charge is 0.399 e. The van der Waals surface area contributed by atoms with Gasteiger partial charge in [-0.25, -0.2) is 4.18 Å². The molecule has 0 fully saturated rings. The lowest BCUT2D eigenvalue weighted by molar-refractivity contribution is 0.238. The Balaban J connectivity index is 3.19. The molecule has 4 nitrogen and oxygen atoms in total. The summed E-state index contributed by atoms with van der Waals surface area (Å²) >= 11 is 0. The van der Waals surface area contributed by atoms with E-state index in [4.69, 9.17) is 0 Å². The molecule has 0 rings (SSSR count). The summed E-state index contributed by atoms with van der Waals surface area (Å²) in [6, 6.07) is 0. The molecule has 0 aromatic rings. The predicted molar refractivity (Wildman–Crippen MR) is 87.5 cm³/mol. The quantitative estimate of drug-likeness (QED) is 0.405. The van der Waals surface area contributed by atoms with Crippen molar-refractivity contribution >= 4 is 10.4 Å². The van der Waals surface area contributed by atoms with Gasteiger partial charge in [-0.05, 0) is 12.3 Å². The number of hydrogen-bond acceptors (Lipinski definition) is 4. The summed E-state index contributed by atoms with van der Waals surface area (Å²) in [5, 5.41) is 0. The highest BCUT2D eigenvalue weighted by atomic mass is 32.3. The minimum Gasteiger partial charge on any atom is -0.252 e.